The molecule has 1 atom stereocenters. The Hall–Kier alpha value is -3.75. The van der Waals surface area contributed by atoms with Gasteiger partial charge in [-0.3, -0.25) is 4.57 Å². The van der Waals surface area contributed by atoms with Crippen LogP contribution in [0.5, 0.6) is 17.4 Å². The number of morpholine rings is 1. The summed E-state index contributed by atoms with van der Waals surface area (Å²) in [4.78, 5) is 18.8. The normalized spacial score (nSPS) is 18.6. The average Bonchev–Trinajstić information content (AvgIpc) is 3.16. The fourth-order valence-corrected chi connectivity index (χ4v) is 4.72. The van der Waals surface area contributed by atoms with Crippen LogP contribution in [-0.2, 0) is 24.1 Å². The van der Waals surface area contributed by atoms with E-state index in [4.69, 9.17) is 25.8 Å². The van der Waals surface area contributed by atoms with Gasteiger partial charge in [0.2, 0.25) is 5.88 Å². The minimum absolute atomic E-state index is 0.00436. The smallest absolute Gasteiger partial charge is 0.417 e. The van der Waals surface area contributed by atoms with Crippen LogP contribution in [-0.4, -0.2) is 34.8 Å². The van der Waals surface area contributed by atoms with Gasteiger partial charge in [0.1, 0.15) is 30.0 Å². The van der Waals surface area contributed by atoms with Gasteiger partial charge in [-0.15, -0.1) is 0 Å². The first-order chi connectivity index (χ1) is 17.6. The lowest BCUT2D eigenvalue weighted by atomic mass is 10.0. The summed E-state index contributed by atoms with van der Waals surface area (Å²) in [6.07, 6.45) is -4.65. The zero-order valence-corrected chi connectivity index (χ0v) is 20.3. The number of nitrogens with zero attached hydrogens (tertiary/aromatic N) is 4. The van der Waals surface area contributed by atoms with Gasteiger partial charge in [-0.1, -0.05) is 17.7 Å². The van der Waals surface area contributed by atoms with E-state index < -0.39 is 22.5 Å². The van der Waals surface area contributed by atoms with E-state index in [-0.39, 0.29) is 35.1 Å². The molecule has 2 aromatic carbocycles. The van der Waals surface area contributed by atoms with Crippen LogP contribution in [0.15, 0.2) is 47.3 Å². The van der Waals surface area contributed by atoms with E-state index in [1.165, 1.54) is 18.2 Å². The number of hydrogen-bond donors (Lipinski definition) is 0. The molecule has 1 saturated heterocycles. The van der Waals surface area contributed by atoms with Crippen LogP contribution in [0.25, 0.3) is 0 Å². The number of alkyl halides is 3. The number of fused-ring (bicyclic) bond motifs is 3. The molecule has 192 valence electrons. The zero-order valence-electron chi connectivity index (χ0n) is 19.5. The molecule has 0 unspecified atom stereocenters. The Kier molecular flexibility index (Phi) is 6.25. The molecule has 0 N–H and O–H groups in total. The first-order valence-corrected chi connectivity index (χ1v) is 11.6. The molecule has 8 nitrogen and oxygen atoms in total. The Morgan fingerprint density at radius 2 is 2.05 bits per heavy atom. The second kappa shape index (κ2) is 9.28. The molecule has 12 heteroatoms. The molecule has 0 bridgehead atoms. The average molecular weight is 533 g/mol. The molecule has 3 aromatic rings. The lowest BCUT2D eigenvalue weighted by Gasteiger charge is -2.39. The van der Waals surface area contributed by atoms with Gasteiger partial charge in [0, 0.05) is 12.6 Å². The van der Waals surface area contributed by atoms with Crippen molar-refractivity contribution in [2.45, 2.75) is 31.8 Å². The zero-order chi connectivity index (χ0) is 26.4. The van der Waals surface area contributed by atoms with Crippen molar-refractivity contribution in [2.24, 2.45) is 0 Å². The fourth-order valence-electron chi connectivity index (χ4n) is 4.49. The highest BCUT2D eigenvalue weighted by Gasteiger charge is 2.43. The van der Waals surface area contributed by atoms with Gasteiger partial charge in [0.15, 0.2) is 0 Å². The van der Waals surface area contributed by atoms with Crippen molar-refractivity contribution in [1.29, 1.82) is 5.26 Å². The number of nitriles is 1. The maximum Gasteiger partial charge on any atom is 0.417 e. The minimum Gasteiger partial charge on any atom is -0.473 e. The SMILES string of the molecule is C[C@@]12COCCN1c1cc(OCc3ccc(Oc4ccc(Cl)c(C(F)(F)F)c4)c(C#N)c3)nc(=O)n1C2. The second-order valence-corrected chi connectivity index (χ2v) is 9.40. The van der Waals surface area contributed by atoms with E-state index in [1.54, 1.807) is 16.7 Å². The lowest BCUT2D eigenvalue weighted by Crippen LogP contribution is -2.53. The summed E-state index contributed by atoms with van der Waals surface area (Å²) >= 11 is 5.65. The topological polar surface area (TPSA) is 89.6 Å². The summed E-state index contributed by atoms with van der Waals surface area (Å²) in [5, 5.41) is 9.11. The van der Waals surface area contributed by atoms with Crippen LogP contribution in [0.3, 0.4) is 0 Å². The molecule has 0 aliphatic carbocycles. The largest absolute Gasteiger partial charge is 0.473 e. The molecule has 2 aliphatic heterocycles. The van der Waals surface area contributed by atoms with Gasteiger partial charge in [0.05, 0.1) is 41.4 Å². The highest BCUT2D eigenvalue weighted by atomic mass is 35.5. The molecule has 0 amide bonds. The Morgan fingerprint density at radius 1 is 1.24 bits per heavy atom. The van der Waals surface area contributed by atoms with Crippen molar-refractivity contribution < 1.29 is 27.4 Å². The number of benzene rings is 2. The summed E-state index contributed by atoms with van der Waals surface area (Å²) in [6.45, 7) is 4.21. The number of halogens is 4. The lowest BCUT2D eigenvalue weighted by molar-refractivity contribution is -0.137. The highest BCUT2D eigenvalue weighted by molar-refractivity contribution is 6.31. The second-order valence-electron chi connectivity index (χ2n) is 8.99. The summed E-state index contributed by atoms with van der Waals surface area (Å²) < 4.78 is 57.9. The third kappa shape index (κ3) is 4.82. The Bertz CT molecular complexity index is 1470. The molecule has 0 saturated carbocycles. The van der Waals surface area contributed by atoms with Crippen molar-refractivity contribution in [1.82, 2.24) is 9.55 Å². The monoisotopic (exact) mass is 532 g/mol. The van der Waals surface area contributed by atoms with Gasteiger partial charge >= 0.3 is 11.9 Å². The van der Waals surface area contributed by atoms with E-state index in [0.29, 0.717) is 37.7 Å². The molecular weight excluding hydrogens is 513 g/mol. The number of aromatic nitrogens is 2. The van der Waals surface area contributed by atoms with Gasteiger partial charge in [-0.25, -0.2) is 4.79 Å². The van der Waals surface area contributed by atoms with E-state index in [2.05, 4.69) is 9.88 Å². The van der Waals surface area contributed by atoms with Crippen molar-refractivity contribution in [3.05, 3.63) is 74.7 Å². The first kappa shape index (κ1) is 24.9. The van der Waals surface area contributed by atoms with Crippen LogP contribution in [0.1, 0.15) is 23.6 Å². The van der Waals surface area contributed by atoms with E-state index >= 15 is 0 Å². The Morgan fingerprint density at radius 3 is 2.81 bits per heavy atom. The summed E-state index contributed by atoms with van der Waals surface area (Å²) in [7, 11) is 0. The van der Waals surface area contributed by atoms with Gasteiger partial charge < -0.3 is 19.1 Å². The van der Waals surface area contributed by atoms with E-state index in [0.717, 1.165) is 12.1 Å². The van der Waals surface area contributed by atoms with Crippen LogP contribution < -0.4 is 20.1 Å². The van der Waals surface area contributed by atoms with Gasteiger partial charge in [-0.2, -0.15) is 23.4 Å². The maximum atomic E-state index is 13.1. The Balaban J connectivity index is 1.33. The quantitative estimate of drug-likeness (QED) is 0.468. The number of rotatable bonds is 5. The van der Waals surface area contributed by atoms with Crippen molar-refractivity contribution in [3.8, 4) is 23.4 Å². The van der Waals surface area contributed by atoms with Crippen molar-refractivity contribution >= 4 is 17.4 Å². The van der Waals surface area contributed by atoms with Crippen molar-refractivity contribution in [3.63, 3.8) is 0 Å². The molecule has 0 spiro atoms. The molecule has 37 heavy (non-hydrogen) atoms. The van der Waals surface area contributed by atoms with Crippen LogP contribution in [0, 0.1) is 11.3 Å². The molecule has 1 fully saturated rings. The molecule has 5 rings (SSSR count). The van der Waals surface area contributed by atoms with Crippen molar-refractivity contribution in [2.75, 3.05) is 24.7 Å². The van der Waals surface area contributed by atoms with E-state index in [1.807, 2.05) is 13.0 Å². The molecule has 2 aliphatic rings. The summed E-state index contributed by atoms with van der Waals surface area (Å²) in [5.41, 5.74) is -1.12. The Labute approximate surface area is 214 Å². The van der Waals surface area contributed by atoms with Gasteiger partial charge in [-0.05, 0) is 42.8 Å². The number of anilines is 1. The number of hydrogen-bond acceptors (Lipinski definition) is 7. The maximum absolute atomic E-state index is 13.1. The standard InChI is InChI=1S/C25H20ClF3N4O4/c1-24-13-32-22(33(24)6-7-35-14-24)10-21(31-23(32)34)36-12-15-2-5-20(16(8-15)11-30)37-17-3-4-19(26)18(9-17)25(27,28)29/h2-5,8-10H,6-7,12-14H2,1H3/t24-/m1/s1. The van der Waals surface area contributed by atoms with Crippen LogP contribution in [0.4, 0.5) is 19.0 Å². The van der Waals surface area contributed by atoms with Crippen LogP contribution >= 0.6 is 11.6 Å². The van der Waals surface area contributed by atoms with E-state index in [9.17, 15) is 23.2 Å². The minimum atomic E-state index is -4.65. The first-order valence-electron chi connectivity index (χ1n) is 11.3. The fraction of sp³-hybridized carbons (Fsp3) is 0.320. The summed E-state index contributed by atoms with van der Waals surface area (Å²) in [6, 6.07) is 11.4. The highest BCUT2D eigenvalue weighted by Crippen LogP contribution is 2.38. The molecule has 3 heterocycles. The third-order valence-corrected chi connectivity index (χ3v) is 6.62. The summed E-state index contributed by atoms with van der Waals surface area (Å²) in [5.74, 6) is 0.812. The van der Waals surface area contributed by atoms with Crippen LogP contribution in [0.2, 0.25) is 5.02 Å². The van der Waals surface area contributed by atoms with Gasteiger partial charge in [0.25, 0.3) is 0 Å². The third-order valence-electron chi connectivity index (χ3n) is 6.29. The molecule has 0 radical (unpaired) electrons. The predicted molar refractivity (Wildman–Crippen MR) is 127 cm³/mol. The predicted octanol–water partition coefficient (Wildman–Crippen LogP) is 4.77. The molecule has 1 aromatic heterocycles. The molecular formula is C25H20ClF3N4O4. The number of ether oxygens (including phenoxy) is 3.